The van der Waals surface area contributed by atoms with Crippen molar-refractivity contribution >= 4 is 11.7 Å². The maximum absolute atomic E-state index is 14.0. The Labute approximate surface area is 124 Å². The summed E-state index contributed by atoms with van der Waals surface area (Å²) >= 11 is 0. The molecule has 2 aromatic rings. The van der Waals surface area contributed by atoms with Crippen molar-refractivity contribution in [3.05, 3.63) is 83.2 Å². The minimum Gasteiger partial charge on any atom is -0.204 e. The number of benzene rings is 2. The van der Waals surface area contributed by atoms with Gasteiger partial charge >= 0.3 is 0 Å². The predicted octanol–water partition coefficient (Wildman–Crippen LogP) is 5.60. The molecule has 0 aliphatic rings. The number of rotatable bonds is 4. The van der Waals surface area contributed by atoms with Crippen LogP contribution in [0.5, 0.6) is 0 Å². The van der Waals surface area contributed by atoms with E-state index in [9.17, 15) is 22.0 Å². The van der Waals surface area contributed by atoms with E-state index in [4.69, 9.17) is 0 Å². The van der Waals surface area contributed by atoms with Crippen molar-refractivity contribution in [2.24, 2.45) is 0 Å². The summed E-state index contributed by atoms with van der Waals surface area (Å²) in [5.74, 6) is -7.64. The van der Waals surface area contributed by atoms with E-state index in [2.05, 4.69) is 6.58 Å². The number of halogens is 5. The fourth-order valence-electron chi connectivity index (χ4n) is 1.89. The lowest BCUT2D eigenvalue weighted by Gasteiger charge is -2.05. The normalized spacial score (nSPS) is 12.0. The minimum atomic E-state index is -1.73. The predicted molar refractivity (Wildman–Crippen MR) is 75.7 cm³/mol. The summed E-state index contributed by atoms with van der Waals surface area (Å²) in [7, 11) is 0. The Bertz CT molecular complexity index is 706. The molecule has 0 saturated carbocycles. The molecular weight excluding hydrogens is 299 g/mol. The van der Waals surface area contributed by atoms with Crippen molar-refractivity contribution in [3.8, 4) is 0 Å². The van der Waals surface area contributed by atoms with Crippen LogP contribution in [0.15, 0.2) is 49.1 Å². The van der Waals surface area contributed by atoms with Gasteiger partial charge in [-0.05, 0) is 24.1 Å². The minimum absolute atomic E-state index is 0.0875. The standard InChI is InChI=1S/C17H11F5/c1-2-3-10-4-6-11(7-5-10)15(20)16(21)12-8-13(18)17(22)14(19)9-12/h2,4-9H,1,3H2. The van der Waals surface area contributed by atoms with Crippen molar-refractivity contribution in [3.63, 3.8) is 0 Å². The molecule has 2 rings (SSSR count). The first kappa shape index (κ1) is 15.9. The van der Waals surface area contributed by atoms with Crippen LogP contribution in [0.4, 0.5) is 22.0 Å². The summed E-state index contributed by atoms with van der Waals surface area (Å²) in [6.45, 7) is 3.56. The zero-order valence-corrected chi connectivity index (χ0v) is 11.3. The maximum atomic E-state index is 14.0. The monoisotopic (exact) mass is 310 g/mol. The second-order valence-electron chi connectivity index (χ2n) is 4.57. The summed E-state index contributed by atoms with van der Waals surface area (Å²) < 4.78 is 67.0. The summed E-state index contributed by atoms with van der Waals surface area (Å²) in [4.78, 5) is 0. The lowest BCUT2D eigenvalue weighted by atomic mass is 10.1. The molecule has 0 atom stereocenters. The molecule has 0 aliphatic heterocycles. The zero-order valence-electron chi connectivity index (χ0n) is 11.3. The average molecular weight is 310 g/mol. The van der Waals surface area contributed by atoms with E-state index in [-0.39, 0.29) is 5.56 Å². The van der Waals surface area contributed by atoms with E-state index in [0.29, 0.717) is 18.6 Å². The van der Waals surface area contributed by atoms with Crippen LogP contribution in [0.3, 0.4) is 0 Å². The molecule has 114 valence electrons. The first-order valence-electron chi connectivity index (χ1n) is 6.34. The van der Waals surface area contributed by atoms with Crippen LogP contribution in [0.2, 0.25) is 0 Å². The topological polar surface area (TPSA) is 0 Å². The molecule has 0 fully saturated rings. The highest BCUT2D eigenvalue weighted by molar-refractivity contribution is 5.83. The Morgan fingerprint density at radius 2 is 1.36 bits per heavy atom. The molecule has 0 N–H and O–H groups in total. The molecule has 2 aromatic carbocycles. The highest BCUT2D eigenvalue weighted by atomic mass is 19.2. The van der Waals surface area contributed by atoms with Gasteiger partial charge in [-0.25, -0.2) is 22.0 Å². The Hall–Kier alpha value is -2.43. The second kappa shape index (κ2) is 6.56. The van der Waals surface area contributed by atoms with Gasteiger partial charge in [0.05, 0.1) is 0 Å². The van der Waals surface area contributed by atoms with E-state index in [1.165, 1.54) is 12.1 Å². The first-order valence-corrected chi connectivity index (χ1v) is 6.34. The fourth-order valence-corrected chi connectivity index (χ4v) is 1.89. The molecule has 0 aromatic heterocycles. The third kappa shape index (κ3) is 3.24. The van der Waals surface area contributed by atoms with Crippen molar-refractivity contribution in [1.82, 2.24) is 0 Å². The van der Waals surface area contributed by atoms with Gasteiger partial charge in [0.25, 0.3) is 0 Å². The Morgan fingerprint density at radius 3 is 1.86 bits per heavy atom. The average Bonchev–Trinajstić information content (AvgIpc) is 2.51. The molecule has 0 bridgehead atoms. The molecule has 0 nitrogen and oxygen atoms in total. The highest BCUT2D eigenvalue weighted by Crippen LogP contribution is 2.30. The molecule has 0 spiro atoms. The van der Waals surface area contributed by atoms with Gasteiger partial charge in [-0.1, -0.05) is 30.3 Å². The van der Waals surface area contributed by atoms with Crippen molar-refractivity contribution < 1.29 is 22.0 Å². The van der Waals surface area contributed by atoms with Gasteiger partial charge in [0, 0.05) is 11.1 Å². The smallest absolute Gasteiger partial charge is 0.194 e. The summed E-state index contributed by atoms with van der Waals surface area (Å²) in [5, 5.41) is 0. The van der Waals surface area contributed by atoms with Crippen LogP contribution >= 0.6 is 0 Å². The molecule has 0 radical (unpaired) electrons. The van der Waals surface area contributed by atoms with Crippen molar-refractivity contribution in [2.45, 2.75) is 6.42 Å². The van der Waals surface area contributed by atoms with Crippen LogP contribution in [-0.4, -0.2) is 0 Å². The third-order valence-corrected chi connectivity index (χ3v) is 3.02. The van der Waals surface area contributed by atoms with E-state index in [0.717, 1.165) is 5.56 Å². The molecule has 0 aliphatic carbocycles. The number of allylic oxidation sites excluding steroid dienone is 1. The molecular formula is C17H11F5. The quantitative estimate of drug-likeness (QED) is 0.298. The Balaban J connectivity index is 2.42. The number of hydrogen-bond acceptors (Lipinski definition) is 0. The van der Waals surface area contributed by atoms with Crippen LogP contribution in [0.1, 0.15) is 16.7 Å². The Morgan fingerprint density at radius 1 is 0.864 bits per heavy atom. The fraction of sp³-hybridized carbons (Fsp3) is 0.0588. The third-order valence-electron chi connectivity index (χ3n) is 3.02. The zero-order chi connectivity index (χ0) is 16.3. The second-order valence-corrected chi connectivity index (χ2v) is 4.57. The summed E-state index contributed by atoms with van der Waals surface area (Å²) in [6.07, 6.45) is 2.23. The van der Waals surface area contributed by atoms with Gasteiger partial charge < -0.3 is 0 Å². The maximum Gasteiger partial charge on any atom is 0.194 e. The molecule has 0 saturated heterocycles. The largest absolute Gasteiger partial charge is 0.204 e. The molecule has 22 heavy (non-hydrogen) atoms. The van der Waals surface area contributed by atoms with Crippen molar-refractivity contribution in [1.29, 1.82) is 0 Å². The summed E-state index contributed by atoms with van der Waals surface area (Å²) in [5.41, 5.74) is 0.0605. The van der Waals surface area contributed by atoms with Gasteiger partial charge in [-0.2, -0.15) is 0 Å². The number of hydrogen-bond donors (Lipinski definition) is 0. The van der Waals surface area contributed by atoms with E-state index >= 15 is 0 Å². The summed E-state index contributed by atoms with van der Waals surface area (Å²) in [6, 6.07) is 6.64. The lowest BCUT2D eigenvalue weighted by Crippen LogP contribution is -1.94. The van der Waals surface area contributed by atoms with Crippen LogP contribution in [0.25, 0.3) is 11.7 Å². The molecule has 0 amide bonds. The van der Waals surface area contributed by atoms with E-state index < -0.39 is 34.7 Å². The van der Waals surface area contributed by atoms with E-state index in [1.807, 2.05) is 0 Å². The molecule has 5 heteroatoms. The van der Waals surface area contributed by atoms with Crippen LogP contribution in [0, 0.1) is 17.5 Å². The molecule has 0 heterocycles. The highest BCUT2D eigenvalue weighted by Gasteiger charge is 2.17. The Kier molecular flexibility index (Phi) is 4.75. The SMILES string of the molecule is C=CCc1ccc(C(F)=C(F)c2cc(F)c(F)c(F)c2)cc1. The molecule has 0 unspecified atom stereocenters. The van der Waals surface area contributed by atoms with Gasteiger partial charge in [0.2, 0.25) is 0 Å². The van der Waals surface area contributed by atoms with Gasteiger partial charge in [0.15, 0.2) is 29.1 Å². The van der Waals surface area contributed by atoms with Gasteiger partial charge in [-0.15, -0.1) is 6.58 Å². The lowest BCUT2D eigenvalue weighted by molar-refractivity contribution is 0.446. The van der Waals surface area contributed by atoms with E-state index in [1.54, 1.807) is 18.2 Å². The van der Waals surface area contributed by atoms with Gasteiger partial charge in [0.1, 0.15) is 0 Å². The van der Waals surface area contributed by atoms with Crippen molar-refractivity contribution in [2.75, 3.05) is 0 Å². The van der Waals surface area contributed by atoms with Gasteiger partial charge in [-0.3, -0.25) is 0 Å². The van der Waals surface area contributed by atoms with Crippen LogP contribution in [-0.2, 0) is 6.42 Å². The van der Waals surface area contributed by atoms with Crippen LogP contribution < -0.4 is 0 Å². The first-order chi connectivity index (χ1) is 10.4.